The number of carbonyl (C=O) groups is 1. The number of halogens is 5. The van der Waals surface area contributed by atoms with E-state index >= 15 is 4.39 Å². The number of aromatic nitrogens is 1. The lowest BCUT2D eigenvalue weighted by atomic mass is 10.0. The lowest BCUT2D eigenvalue weighted by Crippen LogP contribution is -2.43. The number of amides is 1. The van der Waals surface area contributed by atoms with Crippen molar-refractivity contribution in [1.82, 2.24) is 9.47 Å². The molecule has 1 aliphatic rings. The number of alkyl halides is 3. The average molecular weight is 573 g/mol. The zero-order valence-electron chi connectivity index (χ0n) is 20.6. The summed E-state index contributed by atoms with van der Waals surface area (Å²) in [7, 11) is -1.81. The van der Waals surface area contributed by atoms with Crippen LogP contribution < -0.4 is 4.74 Å². The first-order valence-electron chi connectivity index (χ1n) is 11.7. The van der Waals surface area contributed by atoms with E-state index < -0.39 is 45.5 Å². The summed E-state index contributed by atoms with van der Waals surface area (Å²) in [6.07, 6.45) is -5.50. The molecule has 0 saturated carbocycles. The van der Waals surface area contributed by atoms with Crippen LogP contribution in [0.1, 0.15) is 29.7 Å². The van der Waals surface area contributed by atoms with Crippen molar-refractivity contribution in [3.8, 4) is 17.0 Å². The second-order valence-electron chi connectivity index (χ2n) is 9.21. The molecular weight excluding hydrogens is 548 g/mol. The van der Waals surface area contributed by atoms with Crippen LogP contribution >= 0.6 is 11.6 Å². The first-order valence-corrected chi connectivity index (χ1v) is 13.9. The van der Waals surface area contributed by atoms with Gasteiger partial charge in [-0.3, -0.25) is 0 Å². The van der Waals surface area contributed by atoms with Gasteiger partial charge >= 0.3 is 12.3 Å². The summed E-state index contributed by atoms with van der Waals surface area (Å²) < 4.78 is 88.3. The second kappa shape index (κ2) is 10.6. The van der Waals surface area contributed by atoms with Crippen LogP contribution in [0.4, 0.5) is 22.4 Å². The number of hydrogen-bond acceptors (Lipinski definition) is 4. The predicted molar refractivity (Wildman–Crippen MR) is 136 cm³/mol. The van der Waals surface area contributed by atoms with Gasteiger partial charge in [-0.25, -0.2) is 17.6 Å². The van der Waals surface area contributed by atoms with Crippen molar-refractivity contribution in [2.45, 2.75) is 38.5 Å². The molecule has 1 amide bonds. The van der Waals surface area contributed by atoms with Crippen LogP contribution in [0.25, 0.3) is 11.1 Å². The van der Waals surface area contributed by atoms with Gasteiger partial charge in [0, 0.05) is 23.7 Å². The van der Waals surface area contributed by atoms with Gasteiger partial charge in [-0.1, -0.05) is 41.9 Å². The molecule has 2 heterocycles. The van der Waals surface area contributed by atoms with Crippen LogP contribution in [0.2, 0.25) is 5.02 Å². The van der Waals surface area contributed by atoms with Crippen LogP contribution in [0, 0.1) is 12.7 Å². The highest BCUT2D eigenvalue weighted by molar-refractivity contribution is 7.91. The fourth-order valence-corrected chi connectivity index (χ4v) is 6.31. The van der Waals surface area contributed by atoms with E-state index in [4.69, 9.17) is 16.3 Å². The lowest BCUT2D eigenvalue weighted by molar-refractivity contribution is -0.144. The Labute approximate surface area is 222 Å². The molecule has 204 valence electrons. The Bertz CT molecular complexity index is 1440. The molecule has 0 atom stereocenters. The Morgan fingerprint density at radius 3 is 2.34 bits per heavy atom. The first kappa shape index (κ1) is 28.0. The number of benzene rings is 2. The van der Waals surface area contributed by atoms with Gasteiger partial charge in [-0.05, 0) is 49.1 Å². The molecule has 0 radical (unpaired) electrons. The van der Waals surface area contributed by atoms with Crippen molar-refractivity contribution in [2.75, 3.05) is 18.6 Å². The fourth-order valence-electron chi connectivity index (χ4n) is 4.68. The van der Waals surface area contributed by atoms with E-state index in [1.165, 1.54) is 31.0 Å². The van der Waals surface area contributed by atoms with Crippen molar-refractivity contribution in [1.29, 1.82) is 0 Å². The van der Waals surface area contributed by atoms with Crippen LogP contribution in [0.3, 0.4) is 0 Å². The molecule has 1 aliphatic heterocycles. The molecule has 12 heteroatoms. The topological polar surface area (TPSA) is 68.6 Å². The van der Waals surface area contributed by atoms with Crippen LogP contribution in [-0.2, 0) is 22.6 Å². The monoisotopic (exact) mass is 572 g/mol. The van der Waals surface area contributed by atoms with Crippen molar-refractivity contribution in [3.63, 3.8) is 0 Å². The highest BCUT2D eigenvalue weighted by Crippen LogP contribution is 2.46. The standard InChI is InChI=1S/C26H25ClF4N2O4S/c1-16-22(20-9-8-18(27)14-21(20)28)24(37-25(34)32(2)19-10-12-38(35,36)13-11-19)33(23(16)26(29,30)31)15-17-6-4-3-5-7-17/h3-9,14,19H,10-13,15H2,1-2H3. The zero-order chi connectivity index (χ0) is 27.8. The van der Waals surface area contributed by atoms with Gasteiger partial charge in [0.1, 0.15) is 21.3 Å². The summed E-state index contributed by atoms with van der Waals surface area (Å²) in [5.41, 5.74) is -1.34. The Morgan fingerprint density at radius 2 is 1.76 bits per heavy atom. The maximum Gasteiger partial charge on any atom is 0.431 e. The highest BCUT2D eigenvalue weighted by Gasteiger charge is 2.42. The maximum atomic E-state index is 15.0. The third-order valence-electron chi connectivity index (χ3n) is 6.66. The molecular formula is C26H25ClF4N2O4S. The number of sulfone groups is 1. The van der Waals surface area contributed by atoms with Gasteiger partial charge in [-0.15, -0.1) is 0 Å². The van der Waals surface area contributed by atoms with Crippen molar-refractivity contribution in [2.24, 2.45) is 0 Å². The van der Waals surface area contributed by atoms with E-state index in [2.05, 4.69) is 0 Å². The van der Waals surface area contributed by atoms with Crippen molar-refractivity contribution in [3.05, 3.63) is 76.2 Å². The Kier molecular flexibility index (Phi) is 7.81. The molecule has 1 fully saturated rings. The molecule has 6 nitrogen and oxygen atoms in total. The summed E-state index contributed by atoms with van der Waals surface area (Å²) in [6, 6.07) is 11.3. The second-order valence-corrected chi connectivity index (χ2v) is 11.9. The van der Waals surface area contributed by atoms with Gasteiger partial charge < -0.3 is 14.2 Å². The van der Waals surface area contributed by atoms with E-state index in [9.17, 15) is 26.4 Å². The molecule has 1 aromatic heterocycles. The van der Waals surface area contributed by atoms with Crippen LogP contribution in [0.15, 0.2) is 48.5 Å². The van der Waals surface area contributed by atoms with Gasteiger partial charge in [0.2, 0.25) is 5.88 Å². The van der Waals surface area contributed by atoms with Gasteiger partial charge in [0.05, 0.1) is 23.6 Å². The average Bonchev–Trinajstić information content (AvgIpc) is 3.10. The lowest BCUT2D eigenvalue weighted by Gasteiger charge is -2.30. The number of nitrogens with zero attached hydrogens (tertiary/aromatic N) is 2. The predicted octanol–water partition coefficient (Wildman–Crippen LogP) is 6.33. The van der Waals surface area contributed by atoms with Crippen molar-refractivity contribution < 1.29 is 35.5 Å². The highest BCUT2D eigenvalue weighted by atomic mass is 35.5. The number of carbonyl (C=O) groups excluding carboxylic acids is 1. The van der Waals surface area contributed by atoms with E-state index in [0.29, 0.717) is 5.56 Å². The molecule has 4 rings (SSSR count). The SMILES string of the molecule is Cc1c(-c2ccc(Cl)cc2F)c(OC(=O)N(C)C2CCS(=O)(=O)CC2)n(Cc2ccccc2)c1C(F)(F)F. The Hall–Kier alpha value is -3.05. The minimum Gasteiger partial charge on any atom is -0.392 e. The summed E-state index contributed by atoms with van der Waals surface area (Å²) in [5, 5.41) is 0.0502. The normalized spacial score (nSPS) is 15.9. The molecule has 1 saturated heterocycles. The van der Waals surface area contributed by atoms with Crippen molar-refractivity contribution >= 4 is 27.5 Å². The molecule has 0 N–H and O–H groups in total. The molecule has 3 aromatic rings. The quantitative estimate of drug-likeness (QED) is 0.335. The van der Waals surface area contributed by atoms with Crippen LogP contribution in [-0.4, -0.2) is 48.6 Å². The van der Waals surface area contributed by atoms with Crippen LogP contribution in [0.5, 0.6) is 5.88 Å². The smallest absolute Gasteiger partial charge is 0.392 e. The summed E-state index contributed by atoms with van der Waals surface area (Å²) in [4.78, 5) is 14.4. The third kappa shape index (κ3) is 5.83. The largest absolute Gasteiger partial charge is 0.431 e. The number of hydrogen-bond donors (Lipinski definition) is 0. The third-order valence-corrected chi connectivity index (χ3v) is 8.61. The fraction of sp³-hybridized carbons (Fsp3) is 0.346. The molecule has 0 bridgehead atoms. The summed E-state index contributed by atoms with van der Waals surface area (Å²) in [6.45, 7) is 0.889. The molecule has 0 unspecified atom stereocenters. The Balaban J connectivity index is 1.85. The summed E-state index contributed by atoms with van der Waals surface area (Å²) >= 11 is 5.87. The molecule has 0 spiro atoms. The maximum absolute atomic E-state index is 15.0. The molecule has 0 aliphatic carbocycles. The van der Waals surface area contributed by atoms with Gasteiger partial charge in [0.15, 0.2) is 0 Å². The van der Waals surface area contributed by atoms with Gasteiger partial charge in [0.25, 0.3) is 0 Å². The molecule has 38 heavy (non-hydrogen) atoms. The minimum atomic E-state index is -4.86. The van der Waals surface area contributed by atoms with Gasteiger partial charge in [-0.2, -0.15) is 13.2 Å². The van der Waals surface area contributed by atoms with E-state index in [0.717, 1.165) is 10.6 Å². The number of ether oxygens (including phenoxy) is 1. The van der Waals surface area contributed by atoms with E-state index in [1.807, 2.05) is 0 Å². The molecule has 2 aromatic carbocycles. The van der Waals surface area contributed by atoms with E-state index in [1.54, 1.807) is 30.3 Å². The Morgan fingerprint density at radius 1 is 1.13 bits per heavy atom. The zero-order valence-corrected chi connectivity index (χ0v) is 22.1. The number of rotatable bonds is 5. The first-order chi connectivity index (χ1) is 17.8. The summed E-state index contributed by atoms with van der Waals surface area (Å²) in [5.74, 6) is -1.58. The minimum absolute atomic E-state index is 0.0502. The van der Waals surface area contributed by atoms with E-state index in [-0.39, 0.29) is 52.6 Å².